The highest BCUT2D eigenvalue weighted by molar-refractivity contribution is 5.90. The van der Waals surface area contributed by atoms with Crippen molar-refractivity contribution in [2.24, 2.45) is 0 Å². The molecule has 18 heavy (non-hydrogen) atoms. The highest BCUT2D eigenvalue weighted by Crippen LogP contribution is 2.32. The van der Waals surface area contributed by atoms with Crippen LogP contribution in [0.3, 0.4) is 0 Å². The maximum absolute atomic E-state index is 12.8. The first kappa shape index (κ1) is 14.0. The summed E-state index contributed by atoms with van der Waals surface area (Å²) in [6.07, 6.45) is -4.06. The maximum atomic E-state index is 12.8. The van der Waals surface area contributed by atoms with Gasteiger partial charge in [-0.25, -0.2) is 4.79 Å². The lowest BCUT2D eigenvalue weighted by Crippen LogP contribution is -2.19. The second kappa shape index (κ2) is 5.53. The SMILES string of the molecule is CCOC(=O)c1cnn(CCC#N)c1C(F)(F)F. The van der Waals surface area contributed by atoms with Crippen molar-refractivity contribution in [1.29, 1.82) is 5.26 Å². The van der Waals surface area contributed by atoms with Gasteiger partial charge in [-0.15, -0.1) is 0 Å². The van der Waals surface area contributed by atoms with Gasteiger partial charge in [0.05, 0.1) is 31.8 Å². The zero-order chi connectivity index (χ0) is 13.8. The number of esters is 1. The molecule has 0 aromatic carbocycles. The van der Waals surface area contributed by atoms with Crippen molar-refractivity contribution in [3.63, 3.8) is 0 Å². The number of hydrogen-bond acceptors (Lipinski definition) is 4. The molecule has 0 aliphatic heterocycles. The van der Waals surface area contributed by atoms with Gasteiger partial charge in [-0.05, 0) is 6.92 Å². The Balaban J connectivity index is 3.16. The fraction of sp³-hybridized carbons (Fsp3) is 0.500. The van der Waals surface area contributed by atoms with Gasteiger partial charge in [0.25, 0.3) is 0 Å². The first-order chi connectivity index (χ1) is 8.41. The maximum Gasteiger partial charge on any atom is 0.433 e. The van der Waals surface area contributed by atoms with Gasteiger partial charge in [0, 0.05) is 0 Å². The van der Waals surface area contributed by atoms with Crippen molar-refractivity contribution in [3.8, 4) is 6.07 Å². The molecule has 0 bridgehead atoms. The first-order valence-corrected chi connectivity index (χ1v) is 5.08. The zero-order valence-corrected chi connectivity index (χ0v) is 9.49. The molecule has 8 heteroatoms. The number of halogens is 3. The van der Waals surface area contributed by atoms with E-state index in [1.807, 2.05) is 0 Å². The number of ether oxygens (including phenoxy) is 1. The smallest absolute Gasteiger partial charge is 0.433 e. The average Bonchev–Trinajstić information content (AvgIpc) is 2.70. The summed E-state index contributed by atoms with van der Waals surface area (Å²) in [5, 5.41) is 11.8. The van der Waals surface area contributed by atoms with E-state index < -0.39 is 23.4 Å². The van der Waals surface area contributed by atoms with Crippen LogP contribution in [0.15, 0.2) is 6.20 Å². The van der Waals surface area contributed by atoms with E-state index in [1.165, 1.54) is 6.92 Å². The number of nitrogens with zero attached hydrogens (tertiary/aromatic N) is 3. The molecule has 0 fully saturated rings. The Labute approximate surface area is 101 Å². The van der Waals surface area contributed by atoms with Crippen molar-refractivity contribution < 1.29 is 22.7 Å². The highest BCUT2D eigenvalue weighted by Gasteiger charge is 2.40. The Morgan fingerprint density at radius 2 is 2.28 bits per heavy atom. The number of nitriles is 1. The number of aryl methyl sites for hydroxylation is 1. The van der Waals surface area contributed by atoms with Crippen LogP contribution in [0.25, 0.3) is 0 Å². The Morgan fingerprint density at radius 3 is 2.78 bits per heavy atom. The average molecular weight is 261 g/mol. The third kappa shape index (κ3) is 3.00. The van der Waals surface area contributed by atoms with Gasteiger partial charge in [0.1, 0.15) is 5.56 Å². The fourth-order valence-corrected chi connectivity index (χ4v) is 1.37. The quantitative estimate of drug-likeness (QED) is 0.777. The van der Waals surface area contributed by atoms with Gasteiger partial charge < -0.3 is 4.74 Å². The predicted molar refractivity (Wildman–Crippen MR) is 53.4 cm³/mol. The molecule has 1 aromatic rings. The van der Waals surface area contributed by atoms with Gasteiger partial charge in [-0.2, -0.15) is 23.5 Å². The summed E-state index contributed by atoms with van der Waals surface area (Å²) in [4.78, 5) is 11.4. The van der Waals surface area contributed by atoms with Crippen LogP contribution in [-0.2, 0) is 17.5 Å². The number of rotatable bonds is 4. The molecule has 0 aliphatic carbocycles. The molecule has 0 atom stereocenters. The second-order valence-electron chi connectivity index (χ2n) is 3.26. The number of alkyl halides is 3. The van der Waals surface area contributed by atoms with Gasteiger partial charge in [0.15, 0.2) is 5.69 Å². The molecule has 0 amide bonds. The molecule has 1 heterocycles. The lowest BCUT2D eigenvalue weighted by molar-refractivity contribution is -0.144. The van der Waals surface area contributed by atoms with Crippen LogP contribution in [0, 0.1) is 11.3 Å². The molecule has 0 spiro atoms. The number of hydrogen-bond donors (Lipinski definition) is 0. The van der Waals surface area contributed by atoms with Crippen LogP contribution in [0.4, 0.5) is 13.2 Å². The molecule has 0 saturated heterocycles. The largest absolute Gasteiger partial charge is 0.462 e. The molecule has 0 unspecified atom stereocenters. The summed E-state index contributed by atoms with van der Waals surface area (Å²) in [5.74, 6) is -1.08. The Hall–Kier alpha value is -2.04. The minimum absolute atomic E-state index is 0.0283. The fourth-order valence-electron chi connectivity index (χ4n) is 1.37. The van der Waals surface area contributed by atoms with E-state index in [9.17, 15) is 18.0 Å². The minimum atomic E-state index is -4.73. The van der Waals surface area contributed by atoms with E-state index in [4.69, 9.17) is 5.26 Å². The lowest BCUT2D eigenvalue weighted by Gasteiger charge is -2.11. The minimum Gasteiger partial charge on any atom is -0.462 e. The van der Waals surface area contributed by atoms with E-state index in [0.717, 1.165) is 6.20 Å². The molecular weight excluding hydrogens is 251 g/mol. The lowest BCUT2D eigenvalue weighted by atomic mass is 10.2. The van der Waals surface area contributed by atoms with E-state index in [0.29, 0.717) is 4.68 Å². The van der Waals surface area contributed by atoms with E-state index in [-0.39, 0.29) is 19.6 Å². The van der Waals surface area contributed by atoms with Crippen LogP contribution in [0.5, 0.6) is 0 Å². The Kier molecular flexibility index (Phi) is 4.31. The van der Waals surface area contributed by atoms with Crippen molar-refractivity contribution >= 4 is 5.97 Å². The number of carbonyl (C=O) groups is 1. The zero-order valence-electron chi connectivity index (χ0n) is 9.49. The normalized spacial score (nSPS) is 11.1. The topological polar surface area (TPSA) is 67.9 Å². The summed E-state index contributed by atoms with van der Waals surface area (Å²) >= 11 is 0. The molecule has 1 rings (SSSR count). The van der Waals surface area contributed by atoms with Crippen LogP contribution in [0.2, 0.25) is 0 Å². The third-order valence-corrected chi connectivity index (χ3v) is 2.04. The molecule has 0 aliphatic rings. The van der Waals surface area contributed by atoms with Crippen molar-refractivity contribution in [3.05, 3.63) is 17.5 Å². The molecule has 1 aromatic heterocycles. The summed E-state index contributed by atoms with van der Waals surface area (Å²) < 4.78 is 43.6. The molecule has 0 N–H and O–H groups in total. The molecular formula is C10H10F3N3O2. The monoisotopic (exact) mass is 261 g/mol. The Bertz CT molecular complexity index is 474. The summed E-state index contributed by atoms with van der Waals surface area (Å²) in [5.41, 5.74) is -1.82. The summed E-state index contributed by atoms with van der Waals surface area (Å²) in [6, 6.07) is 1.71. The molecule has 5 nitrogen and oxygen atoms in total. The van der Waals surface area contributed by atoms with Gasteiger partial charge >= 0.3 is 12.1 Å². The van der Waals surface area contributed by atoms with Gasteiger partial charge in [-0.1, -0.05) is 0 Å². The standard InChI is InChI=1S/C10H10F3N3O2/c1-2-18-9(17)7-6-15-16(5-3-4-14)8(7)10(11,12)13/h6H,2-3,5H2,1H3. The summed E-state index contributed by atoms with van der Waals surface area (Å²) in [7, 11) is 0. The molecule has 0 radical (unpaired) electrons. The Morgan fingerprint density at radius 1 is 1.61 bits per heavy atom. The van der Waals surface area contributed by atoms with Crippen molar-refractivity contribution in [2.75, 3.05) is 6.61 Å². The van der Waals surface area contributed by atoms with E-state index >= 15 is 0 Å². The van der Waals surface area contributed by atoms with Gasteiger partial charge in [0.2, 0.25) is 0 Å². The van der Waals surface area contributed by atoms with Gasteiger partial charge in [-0.3, -0.25) is 4.68 Å². The van der Waals surface area contributed by atoms with Crippen LogP contribution in [0.1, 0.15) is 29.4 Å². The summed E-state index contributed by atoms with van der Waals surface area (Å²) in [6.45, 7) is 1.23. The molecule has 98 valence electrons. The third-order valence-electron chi connectivity index (χ3n) is 2.04. The number of aromatic nitrogens is 2. The van der Waals surface area contributed by atoms with Crippen molar-refractivity contribution in [1.82, 2.24) is 9.78 Å². The van der Waals surface area contributed by atoms with Crippen LogP contribution in [-0.4, -0.2) is 22.4 Å². The molecule has 0 saturated carbocycles. The van der Waals surface area contributed by atoms with Crippen molar-refractivity contribution in [2.45, 2.75) is 26.1 Å². The second-order valence-corrected chi connectivity index (χ2v) is 3.26. The van der Waals surface area contributed by atoms with Crippen LogP contribution >= 0.6 is 0 Å². The predicted octanol–water partition coefficient (Wildman–Crippen LogP) is 1.99. The van der Waals surface area contributed by atoms with E-state index in [1.54, 1.807) is 6.07 Å². The first-order valence-electron chi connectivity index (χ1n) is 5.08. The van der Waals surface area contributed by atoms with E-state index in [2.05, 4.69) is 9.84 Å². The number of carbonyl (C=O) groups excluding carboxylic acids is 1. The highest BCUT2D eigenvalue weighted by atomic mass is 19.4. The van der Waals surface area contributed by atoms with Crippen LogP contribution < -0.4 is 0 Å².